The molecule has 2 aromatic carbocycles. The van der Waals surface area contributed by atoms with Crippen LogP contribution in [0.4, 0.5) is 17.1 Å². The van der Waals surface area contributed by atoms with E-state index in [0.29, 0.717) is 29.6 Å². The fourth-order valence-electron chi connectivity index (χ4n) is 5.84. The number of oxazole rings is 1. The number of anilines is 3. The van der Waals surface area contributed by atoms with Crippen LogP contribution in [0.2, 0.25) is 0 Å². The van der Waals surface area contributed by atoms with E-state index in [0.717, 1.165) is 90.4 Å². The van der Waals surface area contributed by atoms with Crippen molar-refractivity contribution in [1.29, 1.82) is 0 Å². The summed E-state index contributed by atoms with van der Waals surface area (Å²) in [7, 11) is 0. The Morgan fingerprint density at radius 1 is 0.907 bits per heavy atom. The maximum Gasteiger partial charge on any atom is 0.277 e. The second-order valence-corrected chi connectivity index (χ2v) is 11.7. The second kappa shape index (κ2) is 13.6. The third-order valence-electron chi connectivity index (χ3n) is 8.55. The number of rotatable bonds is 11. The molecule has 2 amide bonds. The molecule has 2 saturated heterocycles. The highest BCUT2D eigenvalue weighted by Crippen LogP contribution is 2.39. The molecule has 228 valence electrons. The summed E-state index contributed by atoms with van der Waals surface area (Å²) in [5.41, 5.74) is 4.79. The van der Waals surface area contributed by atoms with Gasteiger partial charge in [0.15, 0.2) is 11.6 Å². The van der Waals surface area contributed by atoms with Gasteiger partial charge in [-0.1, -0.05) is 18.2 Å². The third kappa shape index (κ3) is 7.37. The van der Waals surface area contributed by atoms with Crippen molar-refractivity contribution in [1.82, 2.24) is 15.2 Å². The van der Waals surface area contributed by atoms with E-state index in [4.69, 9.17) is 9.15 Å². The lowest BCUT2D eigenvalue weighted by Crippen LogP contribution is -2.47. The normalized spacial score (nSPS) is 17.6. The van der Waals surface area contributed by atoms with Crippen molar-refractivity contribution in [2.45, 2.75) is 38.5 Å². The Kier molecular flexibility index (Phi) is 9.24. The van der Waals surface area contributed by atoms with Crippen molar-refractivity contribution in [3.63, 3.8) is 0 Å². The largest absolute Gasteiger partial charge is 0.448 e. The minimum atomic E-state index is -0.337. The zero-order valence-electron chi connectivity index (χ0n) is 25.0. The first kappa shape index (κ1) is 29.2. The first-order chi connectivity index (χ1) is 21.0. The Labute approximate surface area is 253 Å². The van der Waals surface area contributed by atoms with Gasteiger partial charge in [-0.05, 0) is 69.0 Å². The second-order valence-electron chi connectivity index (χ2n) is 11.7. The predicted octanol–water partition coefficient (Wildman–Crippen LogP) is 4.28. The van der Waals surface area contributed by atoms with Crippen molar-refractivity contribution in [3.05, 3.63) is 71.4 Å². The fourth-order valence-corrected chi connectivity index (χ4v) is 5.84. The van der Waals surface area contributed by atoms with Gasteiger partial charge in [-0.2, -0.15) is 0 Å². The van der Waals surface area contributed by atoms with Gasteiger partial charge in [0, 0.05) is 63.0 Å². The molecule has 0 radical (unpaired) electrons. The highest BCUT2D eigenvalue weighted by molar-refractivity contribution is 6.06. The summed E-state index contributed by atoms with van der Waals surface area (Å²) in [6, 6.07) is 14.0. The zero-order chi connectivity index (χ0) is 29.6. The van der Waals surface area contributed by atoms with E-state index < -0.39 is 0 Å². The Balaban J connectivity index is 1.12. The van der Waals surface area contributed by atoms with Gasteiger partial charge in [-0.25, -0.2) is 4.98 Å². The van der Waals surface area contributed by atoms with Crippen LogP contribution in [-0.4, -0.2) is 87.3 Å². The average Bonchev–Trinajstić information content (AvgIpc) is 3.77. The fraction of sp³-hybridized carbons (Fsp3) is 0.485. The van der Waals surface area contributed by atoms with Gasteiger partial charge < -0.3 is 29.6 Å². The number of morpholine rings is 1. The van der Waals surface area contributed by atoms with Gasteiger partial charge in [-0.3, -0.25) is 14.5 Å². The number of aryl methyl sites for hydroxylation is 1. The van der Waals surface area contributed by atoms with Crippen molar-refractivity contribution < 1.29 is 18.7 Å². The van der Waals surface area contributed by atoms with Crippen molar-refractivity contribution >= 4 is 28.9 Å². The molecule has 1 aliphatic carbocycles. The monoisotopic (exact) mass is 586 g/mol. The van der Waals surface area contributed by atoms with Gasteiger partial charge in [-0.15, -0.1) is 0 Å². The number of para-hydroxylation sites is 1. The summed E-state index contributed by atoms with van der Waals surface area (Å²) in [5.74, 6) is 0.466. The number of piperazine rings is 1. The van der Waals surface area contributed by atoms with Gasteiger partial charge >= 0.3 is 0 Å². The van der Waals surface area contributed by atoms with E-state index in [2.05, 4.69) is 61.5 Å². The molecule has 2 N–H and O–H groups in total. The highest BCUT2D eigenvalue weighted by atomic mass is 16.5. The Morgan fingerprint density at radius 2 is 1.65 bits per heavy atom. The smallest absolute Gasteiger partial charge is 0.277 e. The average molecular weight is 587 g/mol. The van der Waals surface area contributed by atoms with Crippen LogP contribution in [-0.2, 0) is 4.74 Å². The van der Waals surface area contributed by atoms with Gasteiger partial charge in [0.05, 0.1) is 24.6 Å². The lowest BCUT2D eigenvalue weighted by atomic mass is 10.1. The summed E-state index contributed by atoms with van der Waals surface area (Å²) in [6.45, 7) is 10.6. The molecule has 0 atom stereocenters. The molecule has 6 rings (SSSR count). The number of nitrogens with one attached hydrogen (secondary N) is 2. The van der Waals surface area contributed by atoms with Gasteiger partial charge in [0.25, 0.3) is 11.8 Å². The van der Waals surface area contributed by atoms with Crippen LogP contribution in [0, 0.1) is 6.92 Å². The molecule has 3 fully saturated rings. The molecule has 3 heterocycles. The Bertz CT molecular complexity index is 1410. The minimum Gasteiger partial charge on any atom is -0.448 e. The van der Waals surface area contributed by atoms with Crippen LogP contribution in [0.1, 0.15) is 63.9 Å². The molecule has 0 bridgehead atoms. The number of nitrogens with zero attached hydrogens (tertiary/aromatic N) is 4. The molecule has 10 nitrogen and oxygen atoms in total. The van der Waals surface area contributed by atoms with E-state index >= 15 is 0 Å². The molecule has 1 aromatic heterocycles. The quantitative estimate of drug-likeness (QED) is 0.321. The lowest BCUT2D eigenvalue weighted by molar-refractivity contribution is 0.0372. The van der Waals surface area contributed by atoms with Crippen LogP contribution >= 0.6 is 0 Å². The topological polar surface area (TPSA) is 103 Å². The SMILES string of the molecule is Cc1ccccc1N1CCN(c2ccc(C(=O)NCCCCN3CCOCC3)cc2NC(=O)c2coc(C3CC3)n2)CC1. The number of carbonyl (C=O) groups is 2. The number of amides is 2. The first-order valence-corrected chi connectivity index (χ1v) is 15.6. The molecular weight excluding hydrogens is 544 g/mol. The van der Waals surface area contributed by atoms with Gasteiger partial charge in [0.2, 0.25) is 0 Å². The maximum atomic E-state index is 13.3. The molecule has 0 unspecified atom stereocenters. The first-order valence-electron chi connectivity index (χ1n) is 15.6. The summed E-state index contributed by atoms with van der Waals surface area (Å²) in [5, 5.41) is 6.10. The summed E-state index contributed by atoms with van der Waals surface area (Å²) < 4.78 is 11.0. The Hall–Kier alpha value is -3.89. The zero-order valence-corrected chi connectivity index (χ0v) is 25.0. The molecule has 1 saturated carbocycles. The number of benzene rings is 2. The van der Waals surface area contributed by atoms with Crippen LogP contribution in [0.5, 0.6) is 0 Å². The van der Waals surface area contributed by atoms with Gasteiger partial charge in [0.1, 0.15) is 6.26 Å². The van der Waals surface area contributed by atoms with Crippen molar-refractivity contribution in [2.75, 3.05) is 80.7 Å². The molecule has 3 aliphatic rings. The molecule has 2 aliphatic heterocycles. The van der Waals surface area contributed by atoms with E-state index in [1.54, 1.807) is 6.07 Å². The maximum absolute atomic E-state index is 13.3. The number of aromatic nitrogens is 1. The standard InChI is InChI=1S/C33H42N6O4/c1-24-6-2-3-7-29(24)38-14-16-39(17-15-38)30-11-10-26(31(40)34-12-4-5-13-37-18-20-42-21-19-37)22-27(30)35-32(41)28-23-43-33(36-28)25-8-9-25/h2-3,6-7,10-11,22-23,25H,4-5,8-9,12-21H2,1H3,(H,34,40)(H,35,41). The lowest BCUT2D eigenvalue weighted by Gasteiger charge is -2.38. The molecule has 0 spiro atoms. The van der Waals surface area contributed by atoms with E-state index in [9.17, 15) is 9.59 Å². The number of ether oxygens (including phenoxy) is 1. The predicted molar refractivity (Wildman–Crippen MR) is 167 cm³/mol. The minimum absolute atomic E-state index is 0.143. The van der Waals surface area contributed by atoms with E-state index in [1.807, 2.05) is 12.1 Å². The van der Waals surface area contributed by atoms with Crippen LogP contribution in [0.3, 0.4) is 0 Å². The van der Waals surface area contributed by atoms with E-state index in [1.165, 1.54) is 17.5 Å². The number of hydrogen-bond acceptors (Lipinski definition) is 8. The Morgan fingerprint density at radius 3 is 2.40 bits per heavy atom. The molecular formula is C33H42N6O4. The van der Waals surface area contributed by atoms with Crippen LogP contribution < -0.4 is 20.4 Å². The third-order valence-corrected chi connectivity index (χ3v) is 8.55. The molecule has 10 heteroatoms. The number of carbonyl (C=O) groups excluding carboxylic acids is 2. The summed E-state index contributed by atoms with van der Waals surface area (Å²) in [4.78, 5) is 37.9. The summed E-state index contributed by atoms with van der Waals surface area (Å²) in [6.07, 6.45) is 5.45. The number of hydrogen-bond donors (Lipinski definition) is 2. The molecule has 43 heavy (non-hydrogen) atoms. The van der Waals surface area contributed by atoms with E-state index in [-0.39, 0.29) is 17.5 Å². The number of unbranched alkanes of at least 4 members (excludes halogenated alkanes) is 1. The summed E-state index contributed by atoms with van der Waals surface area (Å²) >= 11 is 0. The highest BCUT2D eigenvalue weighted by Gasteiger charge is 2.30. The van der Waals surface area contributed by atoms with Crippen LogP contribution in [0.15, 0.2) is 53.1 Å². The van der Waals surface area contributed by atoms with Crippen LogP contribution in [0.25, 0.3) is 0 Å². The molecule has 3 aromatic rings. The van der Waals surface area contributed by atoms with Crippen molar-refractivity contribution in [3.8, 4) is 0 Å². The van der Waals surface area contributed by atoms with Crippen molar-refractivity contribution in [2.24, 2.45) is 0 Å².